The van der Waals surface area contributed by atoms with Crippen LogP contribution in [0.1, 0.15) is 161 Å². The molecule has 0 nitrogen and oxygen atoms in total. The van der Waals surface area contributed by atoms with Crippen molar-refractivity contribution >= 4 is 0 Å². The largest absolute Gasteiger partial charge is 0.103 e. The summed E-state index contributed by atoms with van der Waals surface area (Å²) in [4.78, 5) is 0. The van der Waals surface area contributed by atoms with Gasteiger partial charge in [-0.25, -0.2) is 0 Å². The van der Waals surface area contributed by atoms with Crippen LogP contribution in [0.25, 0.3) is 0 Å². The summed E-state index contributed by atoms with van der Waals surface area (Å²) >= 11 is 0. The number of hydrogen-bond acceptors (Lipinski definition) is 0. The molecule has 0 aromatic rings. The van der Waals surface area contributed by atoms with E-state index in [-0.39, 0.29) is 0 Å². The van der Waals surface area contributed by atoms with Crippen molar-refractivity contribution in [3.8, 4) is 11.8 Å². The first-order valence-corrected chi connectivity index (χ1v) is 13.9. The van der Waals surface area contributed by atoms with E-state index in [0.717, 1.165) is 19.3 Å². The Bertz CT molecular complexity index is 358. The molecule has 0 rings (SSSR count). The monoisotopic (exact) mass is 416 g/mol. The highest BCUT2D eigenvalue weighted by Crippen LogP contribution is 2.17. The van der Waals surface area contributed by atoms with Crippen molar-refractivity contribution in [2.75, 3.05) is 0 Å². The van der Waals surface area contributed by atoms with Crippen molar-refractivity contribution in [1.82, 2.24) is 0 Å². The molecule has 0 amide bonds. The molecule has 2 radical (unpaired) electrons. The molecule has 0 bridgehead atoms. The normalized spacial score (nSPS) is 12.0. The molecule has 0 aromatic heterocycles. The van der Waals surface area contributed by atoms with E-state index in [1.165, 1.54) is 135 Å². The van der Waals surface area contributed by atoms with E-state index in [1.807, 2.05) is 0 Å². The van der Waals surface area contributed by atoms with Crippen LogP contribution in [0, 0.1) is 31.6 Å². The molecule has 0 heteroatoms. The predicted octanol–water partition coefficient (Wildman–Crippen LogP) is 10.7. The van der Waals surface area contributed by atoms with E-state index < -0.39 is 0 Å². The molecule has 0 aromatic carbocycles. The predicted molar refractivity (Wildman–Crippen MR) is 138 cm³/mol. The Hall–Kier alpha value is -0.440. The topological polar surface area (TPSA) is 0 Å². The molecule has 1 atom stereocenters. The summed E-state index contributed by atoms with van der Waals surface area (Å²) in [5, 5.41) is 0. The van der Waals surface area contributed by atoms with Crippen LogP contribution in [0.2, 0.25) is 0 Å². The fourth-order valence-electron chi connectivity index (χ4n) is 4.21. The van der Waals surface area contributed by atoms with Gasteiger partial charge in [0.2, 0.25) is 0 Å². The van der Waals surface area contributed by atoms with Crippen LogP contribution in [0.4, 0.5) is 0 Å². The third-order valence-corrected chi connectivity index (χ3v) is 6.32. The van der Waals surface area contributed by atoms with Crippen LogP contribution < -0.4 is 0 Å². The minimum atomic E-state index is 0.648. The van der Waals surface area contributed by atoms with Crippen molar-refractivity contribution in [1.29, 1.82) is 0 Å². The van der Waals surface area contributed by atoms with Crippen LogP contribution in [-0.2, 0) is 0 Å². The quantitative estimate of drug-likeness (QED) is 0.115. The maximum Gasteiger partial charge on any atom is 0.0202 e. The molecule has 1 unspecified atom stereocenters. The van der Waals surface area contributed by atoms with Crippen LogP contribution in [0.15, 0.2) is 0 Å². The molecule has 0 N–H and O–H groups in total. The summed E-state index contributed by atoms with van der Waals surface area (Å²) in [6, 6.07) is 0. The Morgan fingerprint density at radius 2 is 0.900 bits per heavy atom. The standard InChI is InChI=1S/C30H56/c1-4-7-10-11-12-13-14-15-16-17-18-19-20-21-22-23-24-26-29-30(27-9-6-3)28-25-8-5-2/h30H,1-2,4-25,27-28H2,3H3. The van der Waals surface area contributed by atoms with Gasteiger partial charge in [0.25, 0.3) is 0 Å². The summed E-state index contributed by atoms with van der Waals surface area (Å²) in [6.45, 7) is 10.2. The summed E-state index contributed by atoms with van der Waals surface area (Å²) < 4.78 is 0. The molecule has 30 heavy (non-hydrogen) atoms. The number of unbranched alkanes of at least 4 members (excludes halogenated alkanes) is 19. The Balaban J connectivity index is 3.39. The number of hydrogen-bond donors (Lipinski definition) is 0. The highest BCUT2D eigenvalue weighted by molar-refractivity contribution is 5.03. The van der Waals surface area contributed by atoms with E-state index in [1.54, 1.807) is 0 Å². The van der Waals surface area contributed by atoms with Crippen molar-refractivity contribution in [3.63, 3.8) is 0 Å². The summed E-state index contributed by atoms with van der Waals surface area (Å²) in [7, 11) is 0. The van der Waals surface area contributed by atoms with Gasteiger partial charge in [0.15, 0.2) is 0 Å². The Morgan fingerprint density at radius 1 is 0.500 bits per heavy atom. The summed E-state index contributed by atoms with van der Waals surface area (Å²) in [5.41, 5.74) is 0. The Kier molecular flexibility index (Phi) is 26.2. The lowest BCUT2D eigenvalue weighted by molar-refractivity contribution is 0.504. The van der Waals surface area contributed by atoms with E-state index in [2.05, 4.69) is 32.6 Å². The Labute approximate surface area is 192 Å². The average molecular weight is 417 g/mol. The van der Waals surface area contributed by atoms with Crippen molar-refractivity contribution in [2.24, 2.45) is 5.92 Å². The second-order valence-electron chi connectivity index (χ2n) is 9.42. The van der Waals surface area contributed by atoms with Gasteiger partial charge in [0, 0.05) is 12.3 Å². The first-order chi connectivity index (χ1) is 14.8. The minimum absolute atomic E-state index is 0.648. The Morgan fingerprint density at radius 3 is 1.37 bits per heavy atom. The molecule has 0 aliphatic rings. The molecule has 0 saturated carbocycles. The van der Waals surface area contributed by atoms with Gasteiger partial charge in [-0.05, 0) is 19.3 Å². The zero-order valence-corrected chi connectivity index (χ0v) is 21.0. The summed E-state index contributed by atoms with van der Waals surface area (Å²) in [6.07, 6.45) is 32.4. The van der Waals surface area contributed by atoms with Gasteiger partial charge in [-0.15, -0.1) is 5.92 Å². The second-order valence-corrected chi connectivity index (χ2v) is 9.42. The highest BCUT2D eigenvalue weighted by Gasteiger charge is 2.03. The van der Waals surface area contributed by atoms with Gasteiger partial charge in [0.05, 0.1) is 0 Å². The fraction of sp³-hybridized carbons (Fsp3) is 0.867. The highest BCUT2D eigenvalue weighted by atomic mass is 14.1. The first-order valence-electron chi connectivity index (χ1n) is 13.9. The van der Waals surface area contributed by atoms with Crippen LogP contribution in [0.5, 0.6) is 0 Å². The van der Waals surface area contributed by atoms with E-state index in [4.69, 9.17) is 0 Å². The lowest BCUT2D eigenvalue weighted by Crippen LogP contribution is -1.97. The molecule has 0 aliphatic carbocycles. The van der Waals surface area contributed by atoms with E-state index in [9.17, 15) is 0 Å². The van der Waals surface area contributed by atoms with Gasteiger partial charge in [0.1, 0.15) is 0 Å². The van der Waals surface area contributed by atoms with Crippen LogP contribution in [0.3, 0.4) is 0 Å². The van der Waals surface area contributed by atoms with E-state index >= 15 is 0 Å². The smallest absolute Gasteiger partial charge is 0.0202 e. The first kappa shape index (κ1) is 29.6. The van der Waals surface area contributed by atoms with Gasteiger partial charge >= 0.3 is 0 Å². The third-order valence-electron chi connectivity index (χ3n) is 6.32. The lowest BCUT2D eigenvalue weighted by atomic mass is 9.96. The van der Waals surface area contributed by atoms with Gasteiger partial charge < -0.3 is 0 Å². The average Bonchev–Trinajstić information content (AvgIpc) is 2.76. The zero-order valence-electron chi connectivity index (χ0n) is 21.0. The maximum absolute atomic E-state index is 3.96. The third kappa shape index (κ3) is 23.8. The minimum Gasteiger partial charge on any atom is -0.103 e. The maximum atomic E-state index is 3.96. The lowest BCUT2D eigenvalue weighted by Gasteiger charge is -2.09. The molecular formula is C30H56. The van der Waals surface area contributed by atoms with Crippen molar-refractivity contribution in [3.05, 3.63) is 13.8 Å². The summed E-state index contributed by atoms with van der Waals surface area (Å²) in [5.74, 6) is 7.74. The van der Waals surface area contributed by atoms with Gasteiger partial charge in [-0.1, -0.05) is 155 Å². The molecule has 176 valence electrons. The second kappa shape index (κ2) is 26.6. The van der Waals surface area contributed by atoms with Crippen LogP contribution in [-0.4, -0.2) is 0 Å². The molecular weight excluding hydrogens is 360 g/mol. The molecule has 0 aliphatic heterocycles. The number of rotatable bonds is 23. The van der Waals surface area contributed by atoms with Crippen molar-refractivity contribution < 1.29 is 0 Å². The molecule has 0 saturated heterocycles. The van der Waals surface area contributed by atoms with Gasteiger partial charge in [-0.3, -0.25) is 0 Å². The fourth-order valence-corrected chi connectivity index (χ4v) is 4.21. The molecule has 0 fully saturated rings. The van der Waals surface area contributed by atoms with Gasteiger partial charge in [-0.2, -0.15) is 0 Å². The zero-order chi connectivity index (χ0) is 22.0. The van der Waals surface area contributed by atoms with E-state index in [0.29, 0.717) is 5.92 Å². The molecule has 0 spiro atoms. The van der Waals surface area contributed by atoms with Crippen LogP contribution >= 0.6 is 0 Å². The SMILES string of the molecule is [CH2]CCCCCCCCCCCCCCCCCC#CC(CCCC)CCCC[CH2]. The molecule has 0 heterocycles. The van der Waals surface area contributed by atoms with Crippen molar-refractivity contribution in [2.45, 2.75) is 161 Å².